The number of halogens is 1. The van der Waals surface area contributed by atoms with Crippen molar-refractivity contribution in [3.05, 3.63) is 101 Å². The fourth-order valence-corrected chi connectivity index (χ4v) is 2.97. The van der Waals surface area contributed by atoms with E-state index >= 15 is 0 Å². The van der Waals surface area contributed by atoms with Gasteiger partial charge in [-0.05, 0) is 48.9 Å². The Bertz CT molecular complexity index is 1180. The molecule has 1 aromatic heterocycles. The number of nitrogens with one attached hydrogen (secondary N) is 1. The molecule has 0 aliphatic rings. The summed E-state index contributed by atoms with van der Waals surface area (Å²) in [4.78, 5) is 21.3. The zero-order valence-corrected chi connectivity index (χ0v) is 16.9. The Labute approximate surface area is 179 Å². The smallest absolute Gasteiger partial charge is 0.255 e. The molecule has 0 aliphatic carbocycles. The van der Waals surface area contributed by atoms with E-state index in [4.69, 9.17) is 16.3 Å². The average Bonchev–Trinajstić information content (AvgIpc) is 2.77. The third-order valence-corrected chi connectivity index (χ3v) is 4.84. The number of nitrogens with zero attached hydrogens (tertiary/aromatic N) is 2. The average molecular weight is 416 g/mol. The van der Waals surface area contributed by atoms with Crippen molar-refractivity contribution in [1.82, 2.24) is 9.97 Å². The van der Waals surface area contributed by atoms with Crippen LogP contribution in [-0.4, -0.2) is 15.9 Å². The van der Waals surface area contributed by atoms with Crippen molar-refractivity contribution < 1.29 is 9.53 Å². The first-order valence-electron chi connectivity index (χ1n) is 9.32. The van der Waals surface area contributed by atoms with Gasteiger partial charge in [-0.1, -0.05) is 48.0 Å². The van der Waals surface area contributed by atoms with Gasteiger partial charge in [0, 0.05) is 34.1 Å². The van der Waals surface area contributed by atoms with Crippen LogP contribution in [0.15, 0.2) is 85.1 Å². The predicted molar refractivity (Wildman–Crippen MR) is 118 cm³/mol. The van der Waals surface area contributed by atoms with Crippen molar-refractivity contribution in [3.63, 3.8) is 0 Å². The van der Waals surface area contributed by atoms with Crippen LogP contribution in [0.5, 0.6) is 11.6 Å². The molecule has 0 radical (unpaired) electrons. The minimum Gasteiger partial charge on any atom is -0.439 e. The number of carbonyl (C=O) groups is 1. The number of ether oxygens (including phenoxy) is 1. The van der Waals surface area contributed by atoms with Gasteiger partial charge in [0.05, 0.1) is 0 Å². The molecular formula is C24H18ClN3O2. The number of para-hydroxylation sites is 1. The first kappa shape index (κ1) is 19.6. The van der Waals surface area contributed by atoms with Crippen molar-refractivity contribution in [1.29, 1.82) is 0 Å². The van der Waals surface area contributed by atoms with Gasteiger partial charge in [0.15, 0.2) is 5.82 Å². The summed E-state index contributed by atoms with van der Waals surface area (Å²) in [5, 5.41) is 3.46. The van der Waals surface area contributed by atoms with Crippen LogP contribution in [0.25, 0.3) is 11.4 Å². The lowest BCUT2D eigenvalue weighted by Crippen LogP contribution is -2.11. The molecule has 1 amide bonds. The van der Waals surface area contributed by atoms with Crippen LogP contribution >= 0.6 is 11.6 Å². The fraction of sp³-hybridized carbons (Fsp3) is 0.0417. The second kappa shape index (κ2) is 8.76. The number of hydrogen-bond acceptors (Lipinski definition) is 4. The fourth-order valence-electron chi connectivity index (χ4n) is 2.79. The van der Waals surface area contributed by atoms with Crippen molar-refractivity contribution in [3.8, 4) is 23.0 Å². The molecule has 30 heavy (non-hydrogen) atoms. The minimum absolute atomic E-state index is 0.219. The molecule has 6 heteroatoms. The van der Waals surface area contributed by atoms with Gasteiger partial charge in [0.1, 0.15) is 5.75 Å². The zero-order chi connectivity index (χ0) is 20.9. The van der Waals surface area contributed by atoms with Gasteiger partial charge in [0.2, 0.25) is 5.88 Å². The lowest BCUT2D eigenvalue weighted by molar-refractivity contribution is 0.102. The van der Waals surface area contributed by atoms with Gasteiger partial charge in [-0.25, -0.2) is 4.98 Å². The van der Waals surface area contributed by atoms with E-state index in [1.54, 1.807) is 42.6 Å². The summed E-state index contributed by atoms with van der Waals surface area (Å²) in [6, 6.07) is 23.6. The number of aryl methyl sites for hydroxylation is 1. The summed E-state index contributed by atoms with van der Waals surface area (Å²) >= 11 is 6.12. The molecular weight excluding hydrogens is 398 g/mol. The SMILES string of the molecule is Cc1ccc(NC(=O)c2ccc(-c3nccc(Oc4ccccc4)n3)cc2)cc1Cl. The number of aromatic nitrogens is 2. The maximum atomic E-state index is 12.5. The lowest BCUT2D eigenvalue weighted by Gasteiger charge is -2.08. The van der Waals surface area contributed by atoms with E-state index in [9.17, 15) is 4.79 Å². The van der Waals surface area contributed by atoms with Gasteiger partial charge >= 0.3 is 0 Å². The summed E-state index contributed by atoms with van der Waals surface area (Å²) in [7, 11) is 0. The normalized spacial score (nSPS) is 10.5. The molecule has 0 bridgehead atoms. The Balaban J connectivity index is 1.48. The molecule has 0 unspecified atom stereocenters. The molecule has 3 aromatic carbocycles. The predicted octanol–water partition coefficient (Wildman–Crippen LogP) is 6.15. The van der Waals surface area contributed by atoms with Crippen molar-refractivity contribution in [2.24, 2.45) is 0 Å². The number of benzene rings is 3. The zero-order valence-electron chi connectivity index (χ0n) is 16.2. The molecule has 148 valence electrons. The van der Waals surface area contributed by atoms with E-state index in [1.807, 2.05) is 49.4 Å². The van der Waals surface area contributed by atoms with Crippen LogP contribution in [0.3, 0.4) is 0 Å². The van der Waals surface area contributed by atoms with Gasteiger partial charge < -0.3 is 10.1 Å². The van der Waals surface area contributed by atoms with E-state index in [2.05, 4.69) is 15.3 Å². The Hall–Kier alpha value is -3.70. The maximum Gasteiger partial charge on any atom is 0.255 e. The summed E-state index contributed by atoms with van der Waals surface area (Å²) in [5.41, 5.74) is 2.90. The first-order chi connectivity index (χ1) is 14.6. The Morgan fingerprint density at radius 2 is 1.73 bits per heavy atom. The Morgan fingerprint density at radius 3 is 2.47 bits per heavy atom. The van der Waals surface area contributed by atoms with Gasteiger partial charge in [-0.15, -0.1) is 0 Å². The highest BCUT2D eigenvalue weighted by molar-refractivity contribution is 6.31. The van der Waals surface area contributed by atoms with Crippen LogP contribution < -0.4 is 10.1 Å². The lowest BCUT2D eigenvalue weighted by atomic mass is 10.1. The van der Waals surface area contributed by atoms with E-state index in [0.717, 1.165) is 11.1 Å². The quantitative estimate of drug-likeness (QED) is 0.424. The molecule has 4 rings (SSSR count). The molecule has 0 spiro atoms. The third-order valence-electron chi connectivity index (χ3n) is 4.43. The highest BCUT2D eigenvalue weighted by atomic mass is 35.5. The van der Waals surface area contributed by atoms with Crippen LogP contribution in [0.2, 0.25) is 5.02 Å². The monoisotopic (exact) mass is 415 g/mol. The highest BCUT2D eigenvalue weighted by Crippen LogP contribution is 2.23. The number of anilines is 1. The number of amides is 1. The first-order valence-corrected chi connectivity index (χ1v) is 9.70. The van der Waals surface area contributed by atoms with Crippen molar-refractivity contribution >= 4 is 23.2 Å². The van der Waals surface area contributed by atoms with Crippen molar-refractivity contribution in [2.75, 3.05) is 5.32 Å². The molecule has 0 saturated heterocycles. The summed E-state index contributed by atoms with van der Waals surface area (Å²) < 4.78 is 5.76. The molecule has 5 nitrogen and oxygen atoms in total. The van der Waals surface area contributed by atoms with E-state index in [0.29, 0.717) is 33.7 Å². The number of rotatable bonds is 5. The second-order valence-electron chi connectivity index (χ2n) is 6.63. The topological polar surface area (TPSA) is 64.1 Å². The third kappa shape index (κ3) is 4.64. The minimum atomic E-state index is -0.219. The Morgan fingerprint density at radius 1 is 0.967 bits per heavy atom. The molecule has 0 atom stereocenters. The summed E-state index contributed by atoms with van der Waals surface area (Å²) in [5.74, 6) is 1.44. The van der Waals surface area contributed by atoms with Crippen LogP contribution in [0, 0.1) is 6.92 Å². The number of carbonyl (C=O) groups excluding carboxylic acids is 1. The van der Waals surface area contributed by atoms with Crippen LogP contribution in [0.4, 0.5) is 5.69 Å². The second-order valence-corrected chi connectivity index (χ2v) is 7.04. The van der Waals surface area contributed by atoms with E-state index in [-0.39, 0.29) is 5.91 Å². The summed E-state index contributed by atoms with van der Waals surface area (Å²) in [6.07, 6.45) is 1.64. The van der Waals surface area contributed by atoms with Gasteiger partial charge in [-0.2, -0.15) is 4.98 Å². The van der Waals surface area contributed by atoms with Gasteiger partial charge in [0.25, 0.3) is 5.91 Å². The maximum absolute atomic E-state index is 12.5. The largest absolute Gasteiger partial charge is 0.439 e. The molecule has 4 aromatic rings. The Kier molecular flexibility index (Phi) is 5.72. The van der Waals surface area contributed by atoms with Crippen molar-refractivity contribution in [2.45, 2.75) is 6.92 Å². The molecule has 1 N–H and O–H groups in total. The standard InChI is InChI=1S/C24H18ClN3O2/c1-16-7-12-19(15-21(16)25)27-24(29)18-10-8-17(9-11-18)23-26-14-13-22(28-23)30-20-5-3-2-4-6-20/h2-15H,1H3,(H,27,29). The van der Waals surface area contributed by atoms with E-state index < -0.39 is 0 Å². The van der Waals surface area contributed by atoms with Crippen LogP contribution in [-0.2, 0) is 0 Å². The summed E-state index contributed by atoms with van der Waals surface area (Å²) in [6.45, 7) is 1.91. The molecule has 0 saturated carbocycles. The molecule has 0 fully saturated rings. The van der Waals surface area contributed by atoms with Crippen LogP contribution in [0.1, 0.15) is 15.9 Å². The highest BCUT2D eigenvalue weighted by Gasteiger charge is 2.09. The molecule has 0 aliphatic heterocycles. The molecule has 1 heterocycles. The number of hydrogen-bond donors (Lipinski definition) is 1. The van der Waals surface area contributed by atoms with Gasteiger partial charge in [-0.3, -0.25) is 4.79 Å². The van der Waals surface area contributed by atoms with E-state index in [1.165, 1.54) is 0 Å².